The van der Waals surface area contributed by atoms with Crippen LogP contribution in [0.5, 0.6) is 0 Å². The highest BCUT2D eigenvalue weighted by Gasteiger charge is 2.19. The molecule has 0 heterocycles. The van der Waals surface area contributed by atoms with Gasteiger partial charge in [-0.2, -0.15) is 0 Å². The zero-order valence-electron chi connectivity index (χ0n) is 6.59. The molecule has 1 fully saturated rings. The third-order valence-corrected chi connectivity index (χ3v) is 2.22. The van der Waals surface area contributed by atoms with Crippen LogP contribution in [0.25, 0.3) is 0 Å². The Morgan fingerprint density at radius 3 is 2.60 bits per heavy atom. The SMILES string of the molecule is C/C=C/[C@@H]1CCCC[C@@H]1O. The van der Waals surface area contributed by atoms with Gasteiger partial charge in [0.25, 0.3) is 0 Å². The zero-order valence-corrected chi connectivity index (χ0v) is 6.59. The molecular formula is C9H16O. The molecule has 58 valence electrons. The minimum Gasteiger partial charge on any atom is -0.393 e. The van der Waals surface area contributed by atoms with E-state index in [1.807, 2.05) is 13.0 Å². The second kappa shape index (κ2) is 3.77. The van der Waals surface area contributed by atoms with E-state index in [0.29, 0.717) is 5.92 Å². The number of hydrogen-bond donors (Lipinski definition) is 1. The monoisotopic (exact) mass is 140 g/mol. The first-order valence-electron chi connectivity index (χ1n) is 4.15. The molecule has 0 radical (unpaired) electrons. The summed E-state index contributed by atoms with van der Waals surface area (Å²) in [6.07, 6.45) is 8.76. The normalized spacial score (nSPS) is 35.0. The lowest BCUT2D eigenvalue weighted by Crippen LogP contribution is -2.22. The largest absolute Gasteiger partial charge is 0.393 e. The van der Waals surface area contributed by atoms with Crippen LogP contribution in [-0.2, 0) is 0 Å². The fraction of sp³-hybridized carbons (Fsp3) is 0.778. The third kappa shape index (κ3) is 1.84. The van der Waals surface area contributed by atoms with Crippen LogP contribution in [0.3, 0.4) is 0 Å². The smallest absolute Gasteiger partial charge is 0.0602 e. The molecule has 0 spiro atoms. The van der Waals surface area contributed by atoms with Crippen molar-refractivity contribution in [1.82, 2.24) is 0 Å². The number of rotatable bonds is 1. The van der Waals surface area contributed by atoms with E-state index in [9.17, 15) is 5.11 Å². The standard InChI is InChI=1S/C9H16O/c1-2-5-8-6-3-4-7-9(8)10/h2,5,8-10H,3-4,6-7H2,1H3/b5-2+/t8-,9+/m1/s1. The van der Waals surface area contributed by atoms with Gasteiger partial charge in [0.1, 0.15) is 0 Å². The van der Waals surface area contributed by atoms with Crippen molar-refractivity contribution in [2.24, 2.45) is 5.92 Å². The fourth-order valence-electron chi connectivity index (χ4n) is 1.61. The van der Waals surface area contributed by atoms with E-state index in [1.165, 1.54) is 19.3 Å². The first-order valence-corrected chi connectivity index (χ1v) is 4.15. The van der Waals surface area contributed by atoms with Crippen molar-refractivity contribution in [2.75, 3.05) is 0 Å². The summed E-state index contributed by atoms with van der Waals surface area (Å²) in [5.41, 5.74) is 0. The molecule has 1 aliphatic rings. The molecule has 0 saturated heterocycles. The fourth-order valence-corrected chi connectivity index (χ4v) is 1.61. The molecule has 0 aromatic heterocycles. The number of allylic oxidation sites excluding steroid dienone is 1. The van der Waals surface area contributed by atoms with Crippen LogP contribution in [-0.4, -0.2) is 11.2 Å². The lowest BCUT2D eigenvalue weighted by atomic mass is 9.86. The van der Waals surface area contributed by atoms with E-state index < -0.39 is 0 Å². The molecule has 0 unspecified atom stereocenters. The third-order valence-electron chi connectivity index (χ3n) is 2.22. The van der Waals surface area contributed by atoms with E-state index in [2.05, 4.69) is 6.08 Å². The Kier molecular flexibility index (Phi) is 2.94. The van der Waals surface area contributed by atoms with Crippen molar-refractivity contribution < 1.29 is 5.11 Å². The first kappa shape index (κ1) is 7.80. The molecule has 0 aliphatic heterocycles. The second-order valence-electron chi connectivity index (χ2n) is 3.04. The molecule has 0 amide bonds. The van der Waals surface area contributed by atoms with Crippen molar-refractivity contribution in [2.45, 2.75) is 38.7 Å². The second-order valence-corrected chi connectivity index (χ2v) is 3.04. The molecule has 1 nitrogen and oxygen atoms in total. The van der Waals surface area contributed by atoms with Crippen LogP contribution in [0, 0.1) is 5.92 Å². The summed E-state index contributed by atoms with van der Waals surface area (Å²) in [6.45, 7) is 2.02. The lowest BCUT2D eigenvalue weighted by molar-refractivity contribution is 0.0927. The van der Waals surface area contributed by atoms with Crippen LogP contribution >= 0.6 is 0 Å². The predicted octanol–water partition coefficient (Wildman–Crippen LogP) is 2.11. The van der Waals surface area contributed by atoms with E-state index in [4.69, 9.17) is 0 Å². The Labute approximate surface area is 62.8 Å². The topological polar surface area (TPSA) is 20.2 Å². The quantitative estimate of drug-likeness (QED) is 0.553. The Hall–Kier alpha value is -0.300. The predicted molar refractivity (Wildman–Crippen MR) is 42.8 cm³/mol. The maximum Gasteiger partial charge on any atom is 0.0602 e. The highest BCUT2D eigenvalue weighted by Crippen LogP contribution is 2.24. The van der Waals surface area contributed by atoms with Crippen molar-refractivity contribution >= 4 is 0 Å². The summed E-state index contributed by atoms with van der Waals surface area (Å²) in [4.78, 5) is 0. The highest BCUT2D eigenvalue weighted by molar-refractivity contribution is 4.91. The van der Waals surface area contributed by atoms with Gasteiger partial charge in [0.2, 0.25) is 0 Å². The minimum absolute atomic E-state index is 0.0649. The average molecular weight is 140 g/mol. The summed E-state index contributed by atoms with van der Waals surface area (Å²) in [7, 11) is 0. The first-order chi connectivity index (χ1) is 4.84. The molecule has 1 N–H and O–H groups in total. The van der Waals surface area contributed by atoms with Gasteiger partial charge in [-0.3, -0.25) is 0 Å². The molecule has 1 rings (SSSR count). The van der Waals surface area contributed by atoms with Crippen molar-refractivity contribution in [3.8, 4) is 0 Å². The summed E-state index contributed by atoms with van der Waals surface area (Å²) >= 11 is 0. The summed E-state index contributed by atoms with van der Waals surface area (Å²) in [5.74, 6) is 0.443. The van der Waals surface area contributed by atoms with Gasteiger partial charge in [0.15, 0.2) is 0 Å². The van der Waals surface area contributed by atoms with Crippen molar-refractivity contribution in [1.29, 1.82) is 0 Å². The number of aliphatic hydroxyl groups is 1. The summed E-state index contributed by atoms with van der Waals surface area (Å²) in [6, 6.07) is 0. The van der Waals surface area contributed by atoms with E-state index in [-0.39, 0.29) is 6.10 Å². The average Bonchev–Trinajstić information content (AvgIpc) is 1.94. The van der Waals surface area contributed by atoms with Gasteiger partial charge < -0.3 is 5.11 Å². The van der Waals surface area contributed by atoms with Crippen molar-refractivity contribution in [3.05, 3.63) is 12.2 Å². The number of hydrogen-bond acceptors (Lipinski definition) is 1. The Bertz CT molecular complexity index is 118. The highest BCUT2D eigenvalue weighted by atomic mass is 16.3. The van der Waals surface area contributed by atoms with E-state index in [0.717, 1.165) is 6.42 Å². The van der Waals surface area contributed by atoms with E-state index in [1.54, 1.807) is 0 Å². The van der Waals surface area contributed by atoms with Crippen molar-refractivity contribution in [3.63, 3.8) is 0 Å². The van der Waals surface area contributed by atoms with Gasteiger partial charge in [0.05, 0.1) is 6.10 Å². The molecular weight excluding hydrogens is 124 g/mol. The van der Waals surface area contributed by atoms with Crippen LogP contribution in [0.2, 0.25) is 0 Å². The molecule has 1 aliphatic carbocycles. The van der Waals surface area contributed by atoms with Gasteiger partial charge in [-0.1, -0.05) is 25.0 Å². The lowest BCUT2D eigenvalue weighted by Gasteiger charge is -2.24. The van der Waals surface area contributed by atoms with Gasteiger partial charge >= 0.3 is 0 Å². The van der Waals surface area contributed by atoms with Crippen LogP contribution < -0.4 is 0 Å². The maximum atomic E-state index is 9.45. The maximum absolute atomic E-state index is 9.45. The van der Waals surface area contributed by atoms with Gasteiger partial charge in [-0.15, -0.1) is 0 Å². The van der Waals surface area contributed by atoms with Crippen LogP contribution in [0.1, 0.15) is 32.6 Å². The molecule has 0 bridgehead atoms. The molecule has 10 heavy (non-hydrogen) atoms. The minimum atomic E-state index is -0.0649. The Morgan fingerprint density at radius 2 is 2.00 bits per heavy atom. The van der Waals surface area contributed by atoms with Crippen LogP contribution in [0.15, 0.2) is 12.2 Å². The summed E-state index contributed by atoms with van der Waals surface area (Å²) in [5, 5.41) is 9.45. The molecule has 1 heteroatoms. The van der Waals surface area contributed by atoms with E-state index >= 15 is 0 Å². The molecule has 1 saturated carbocycles. The zero-order chi connectivity index (χ0) is 7.40. The Morgan fingerprint density at radius 1 is 1.30 bits per heavy atom. The molecule has 2 atom stereocenters. The Balaban J connectivity index is 2.39. The number of aliphatic hydroxyl groups excluding tert-OH is 1. The van der Waals surface area contributed by atoms with Gasteiger partial charge in [0, 0.05) is 5.92 Å². The molecule has 0 aromatic carbocycles. The molecule has 0 aromatic rings. The van der Waals surface area contributed by atoms with Gasteiger partial charge in [-0.25, -0.2) is 0 Å². The van der Waals surface area contributed by atoms with Crippen LogP contribution in [0.4, 0.5) is 0 Å². The van der Waals surface area contributed by atoms with Gasteiger partial charge in [-0.05, 0) is 19.8 Å². The summed E-state index contributed by atoms with van der Waals surface area (Å²) < 4.78 is 0.